The van der Waals surface area contributed by atoms with Gasteiger partial charge in [0.05, 0.1) is 4.90 Å². The molecule has 0 saturated heterocycles. The van der Waals surface area contributed by atoms with Gasteiger partial charge in [0.1, 0.15) is 13.2 Å². The Morgan fingerprint density at radius 1 is 0.958 bits per heavy atom. The van der Waals surface area contributed by atoms with Crippen LogP contribution in [0.25, 0.3) is 0 Å². The molecular formula is C16H16N2O4S2. The summed E-state index contributed by atoms with van der Waals surface area (Å²) in [6.07, 6.45) is 1.17. The van der Waals surface area contributed by atoms with Crippen LogP contribution in [0.2, 0.25) is 0 Å². The van der Waals surface area contributed by atoms with Crippen LogP contribution in [-0.4, -0.2) is 33.0 Å². The van der Waals surface area contributed by atoms with Crippen molar-refractivity contribution in [1.82, 2.24) is 0 Å². The van der Waals surface area contributed by atoms with Crippen LogP contribution in [-0.2, 0) is 9.84 Å². The van der Waals surface area contributed by atoms with Crippen molar-refractivity contribution in [3.63, 3.8) is 0 Å². The average Bonchev–Trinajstić information content (AvgIpc) is 2.54. The number of ether oxygens (including phenoxy) is 2. The van der Waals surface area contributed by atoms with Crippen LogP contribution in [0.4, 0.5) is 11.4 Å². The second-order valence-corrected chi connectivity index (χ2v) is 7.66. The third-order valence-electron chi connectivity index (χ3n) is 3.34. The number of anilines is 2. The first-order valence-electron chi connectivity index (χ1n) is 7.19. The number of hydrogen-bond donors (Lipinski definition) is 2. The van der Waals surface area contributed by atoms with Crippen molar-refractivity contribution in [2.24, 2.45) is 0 Å². The molecule has 0 radical (unpaired) electrons. The van der Waals surface area contributed by atoms with Crippen LogP contribution in [0.5, 0.6) is 11.5 Å². The number of fused-ring (bicyclic) bond motifs is 1. The zero-order chi connectivity index (χ0) is 17.2. The molecule has 2 N–H and O–H groups in total. The molecule has 1 heterocycles. The standard InChI is InChI=1S/C16H16N2O4S2/c1-24(19,20)13-5-2-11(3-6-13)17-16(23)18-12-4-7-14-15(10-12)22-9-8-21-14/h2-7,10H,8-9H2,1H3,(H2,17,18,23). The molecule has 2 aromatic carbocycles. The molecule has 0 fully saturated rings. The lowest BCUT2D eigenvalue weighted by atomic mass is 10.2. The highest BCUT2D eigenvalue weighted by molar-refractivity contribution is 7.90. The lowest BCUT2D eigenvalue weighted by molar-refractivity contribution is 0.171. The molecular weight excluding hydrogens is 348 g/mol. The van der Waals surface area contributed by atoms with Crippen LogP contribution in [0.15, 0.2) is 47.4 Å². The molecule has 0 atom stereocenters. The first-order chi connectivity index (χ1) is 11.4. The van der Waals surface area contributed by atoms with E-state index < -0.39 is 9.84 Å². The van der Waals surface area contributed by atoms with Crippen LogP contribution >= 0.6 is 12.2 Å². The summed E-state index contributed by atoms with van der Waals surface area (Å²) in [4.78, 5) is 0.263. The van der Waals surface area contributed by atoms with Gasteiger partial charge in [-0.1, -0.05) is 0 Å². The van der Waals surface area contributed by atoms with E-state index in [1.54, 1.807) is 12.1 Å². The van der Waals surface area contributed by atoms with E-state index in [9.17, 15) is 8.42 Å². The normalized spacial score (nSPS) is 13.2. The zero-order valence-corrected chi connectivity index (χ0v) is 14.5. The summed E-state index contributed by atoms with van der Waals surface area (Å²) in [5.41, 5.74) is 1.46. The summed E-state index contributed by atoms with van der Waals surface area (Å²) in [5, 5.41) is 6.44. The first-order valence-corrected chi connectivity index (χ1v) is 9.49. The lowest BCUT2D eigenvalue weighted by Gasteiger charge is -2.19. The summed E-state index contributed by atoms with van der Waals surface area (Å²) in [7, 11) is -3.21. The van der Waals surface area contributed by atoms with Crippen LogP contribution in [0.3, 0.4) is 0 Å². The first kappa shape index (κ1) is 16.5. The molecule has 0 amide bonds. The highest BCUT2D eigenvalue weighted by Crippen LogP contribution is 2.32. The minimum atomic E-state index is -3.21. The van der Waals surface area contributed by atoms with Gasteiger partial charge in [-0.15, -0.1) is 0 Å². The molecule has 1 aliphatic rings. The Hall–Kier alpha value is -2.32. The Balaban J connectivity index is 1.65. The van der Waals surface area contributed by atoms with Gasteiger partial charge in [0.15, 0.2) is 26.4 Å². The fraction of sp³-hybridized carbons (Fsp3) is 0.188. The molecule has 0 spiro atoms. The molecule has 0 aliphatic carbocycles. The molecule has 24 heavy (non-hydrogen) atoms. The number of nitrogens with one attached hydrogen (secondary N) is 2. The van der Waals surface area contributed by atoms with Gasteiger partial charge in [-0.05, 0) is 48.6 Å². The third-order valence-corrected chi connectivity index (χ3v) is 4.67. The van der Waals surface area contributed by atoms with Crippen LogP contribution in [0.1, 0.15) is 0 Å². The van der Waals surface area contributed by atoms with Crippen molar-refractivity contribution in [2.45, 2.75) is 4.90 Å². The van der Waals surface area contributed by atoms with E-state index in [-0.39, 0.29) is 4.90 Å². The van der Waals surface area contributed by atoms with Gasteiger partial charge in [0.25, 0.3) is 0 Å². The summed E-state index contributed by atoms with van der Waals surface area (Å²) in [6.45, 7) is 1.06. The van der Waals surface area contributed by atoms with Crippen molar-refractivity contribution in [1.29, 1.82) is 0 Å². The van der Waals surface area contributed by atoms with E-state index in [1.807, 2.05) is 18.2 Å². The van der Waals surface area contributed by atoms with Crippen molar-refractivity contribution in [3.05, 3.63) is 42.5 Å². The Morgan fingerprint density at radius 3 is 2.21 bits per heavy atom. The molecule has 0 saturated carbocycles. The highest BCUT2D eigenvalue weighted by Gasteiger charge is 2.12. The van der Waals surface area contributed by atoms with E-state index in [0.29, 0.717) is 35.5 Å². The van der Waals surface area contributed by atoms with E-state index in [0.717, 1.165) is 5.69 Å². The number of benzene rings is 2. The van der Waals surface area contributed by atoms with Gasteiger partial charge in [0, 0.05) is 23.7 Å². The van der Waals surface area contributed by atoms with Gasteiger partial charge in [-0.2, -0.15) is 0 Å². The minimum absolute atomic E-state index is 0.263. The second-order valence-electron chi connectivity index (χ2n) is 5.23. The Labute approximate surface area is 145 Å². The predicted molar refractivity (Wildman–Crippen MR) is 96.8 cm³/mol. The molecule has 126 valence electrons. The fourth-order valence-corrected chi connectivity index (χ4v) is 3.07. The molecule has 3 rings (SSSR count). The monoisotopic (exact) mass is 364 g/mol. The maximum atomic E-state index is 11.4. The van der Waals surface area contributed by atoms with Gasteiger partial charge >= 0.3 is 0 Å². The summed E-state index contributed by atoms with van der Waals surface area (Å²) in [5.74, 6) is 1.38. The van der Waals surface area contributed by atoms with E-state index in [4.69, 9.17) is 21.7 Å². The van der Waals surface area contributed by atoms with E-state index >= 15 is 0 Å². The van der Waals surface area contributed by atoms with E-state index in [1.165, 1.54) is 18.4 Å². The molecule has 1 aliphatic heterocycles. The van der Waals surface area contributed by atoms with Crippen molar-refractivity contribution in [3.8, 4) is 11.5 Å². The second kappa shape index (κ2) is 6.66. The smallest absolute Gasteiger partial charge is 0.175 e. The van der Waals surface area contributed by atoms with Gasteiger partial charge < -0.3 is 20.1 Å². The molecule has 0 aromatic heterocycles. The number of thiocarbonyl (C=S) groups is 1. The Bertz CT molecular complexity index is 864. The number of sulfone groups is 1. The quantitative estimate of drug-likeness (QED) is 0.811. The molecule has 8 heteroatoms. The summed E-state index contributed by atoms with van der Waals surface area (Å²) in [6, 6.07) is 11.9. The minimum Gasteiger partial charge on any atom is -0.486 e. The van der Waals surface area contributed by atoms with Gasteiger partial charge in [-0.25, -0.2) is 8.42 Å². The van der Waals surface area contributed by atoms with Crippen molar-refractivity contribution in [2.75, 3.05) is 30.1 Å². The Morgan fingerprint density at radius 2 is 1.54 bits per heavy atom. The van der Waals surface area contributed by atoms with Crippen LogP contribution < -0.4 is 20.1 Å². The van der Waals surface area contributed by atoms with Gasteiger partial charge in [0.2, 0.25) is 0 Å². The third kappa shape index (κ3) is 3.95. The maximum absolute atomic E-state index is 11.4. The predicted octanol–water partition coefficient (Wildman–Crippen LogP) is 2.67. The molecule has 6 nitrogen and oxygen atoms in total. The van der Waals surface area contributed by atoms with Crippen molar-refractivity contribution >= 4 is 38.5 Å². The molecule has 0 unspecified atom stereocenters. The van der Waals surface area contributed by atoms with Crippen molar-refractivity contribution < 1.29 is 17.9 Å². The highest BCUT2D eigenvalue weighted by atomic mass is 32.2. The maximum Gasteiger partial charge on any atom is 0.175 e. The lowest BCUT2D eigenvalue weighted by Crippen LogP contribution is -2.20. The van der Waals surface area contributed by atoms with Crippen LogP contribution in [0, 0.1) is 0 Å². The topological polar surface area (TPSA) is 76.7 Å². The Kier molecular flexibility index (Phi) is 4.59. The SMILES string of the molecule is CS(=O)(=O)c1ccc(NC(=S)Nc2ccc3c(c2)OCCO3)cc1. The van der Waals surface area contributed by atoms with E-state index in [2.05, 4.69) is 10.6 Å². The molecule has 2 aromatic rings. The zero-order valence-electron chi connectivity index (χ0n) is 12.9. The van der Waals surface area contributed by atoms with Gasteiger partial charge in [-0.3, -0.25) is 0 Å². The average molecular weight is 364 g/mol. The largest absolute Gasteiger partial charge is 0.486 e. The molecule has 0 bridgehead atoms. The summed E-state index contributed by atoms with van der Waals surface area (Å²) < 4.78 is 33.9. The fourth-order valence-electron chi connectivity index (χ4n) is 2.20. The number of hydrogen-bond acceptors (Lipinski definition) is 5. The number of rotatable bonds is 3. The summed E-state index contributed by atoms with van der Waals surface area (Å²) >= 11 is 5.27.